The molecule has 0 saturated carbocycles. The van der Waals surface area contributed by atoms with E-state index >= 15 is 0 Å². The Morgan fingerprint density at radius 1 is 1.39 bits per heavy atom. The van der Waals surface area contributed by atoms with Crippen molar-refractivity contribution in [3.05, 3.63) is 53.1 Å². The molecule has 6 heteroatoms. The molecule has 0 fully saturated rings. The molecule has 0 atom stereocenters. The molecule has 2 aromatic rings. The number of rotatable bonds is 5. The third-order valence-electron chi connectivity index (χ3n) is 3.57. The summed E-state index contributed by atoms with van der Waals surface area (Å²) in [5, 5.41) is 12.0. The summed E-state index contributed by atoms with van der Waals surface area (Å²) in [6.07, 6.45) is 1.61. The molecule has 5 nitrogen and oxygen atoms in total. The van der Waals surface area contributed by atoms with Gasteiger partial charge in [0.1, 0.15) is 17.6 Å². The zero-order chi connectivity index (χ0) is 17.0. The number of benzene rings is 1. The molecule has 0 bridgehead atoms. The van der Waals surface area contributed by atoms with Crippen LogP contribution in [0, 0.1) is 24.1 Å². The van der Waals surface area contributed by atoms with Gasteiger partial charge in [-0.3, -0.25) is 4.79 Å². The van der Waals surface area contributed by atoms with E-state index in [1.807, 2.05) is 25.1 Å². The van der Waals surface area contributed by atoms with Crippen molar-refractivity contribution in [3.63, 3.8) is 0 Å². The van der Waals surface area contributed by atoms with Crippen LogP contribution in [0.25, 0.3) is 5.69 Å². The zero-order valence-electron chi connectivity index (χ0n) is 13.4. The van der Waals surface area contributed by atoms with Crippen molar-refractivity contribution in [2.75, 3.05) is 27.2 Å². The second-order valence-electron chi connectivity index (χ2n) is 5.50. The lowest BCUT2D eigenvalue weighted by molar-refractivity contribution is 0.0944. The van der Waals surface area contributed by atoms with Gasteiger partial charge in [0.25, 0.3) is 5.91 Å². The third kappa shape index (κ3) is 3.58. The van der Waals surface area contributed by atoms with Crippen LogP contribution in [-0.2, 0) is 0 Å². The Bertz CT molecular complexity index is 758. The van der Waals surface area contributed by atoms with Gasteiger partial charge in [-0.05, 0) is 39.2 Å². The van der Waals surface area contributed by atoms with E-state index in [9.17, 15) is 14.4 Å². The first kappa shape index (κ1) is 16.7. The van der Waals surface area contributed by atoms with Crippen LogP contribution in [0.2, 0.25) is 0 Å². The maximum atomic E-state index is 13.8. The van der Waals surface area contributed by atoms with Gasteiger partial charge in [0.2, 0.25) is 0 Å². The first-order valence-electron chi connectivity index (χ1n) is 7.25. The highest BCUT2D eigenvalue weighted by molar-refractivity contribution is 5.96. The van der Waals surface area contributed by atoms with Crippen molar-refractivity contribution >= 4 is 5.91 Å². The van der Waals surface area contributed by atoms with Crippen LogP contribution < -0.4 is 5.32 Å². The normalized spacial score (nSPS) is 10.6. The van der Waals surface area contributed by atoms with Crippen molar-refractivity contribution in [2.45, 2.75) is 6.92 Å². The van der Waals surface area contributed by atoms with Crippen molar-refractivity contribution in [2.24, 2.45) is 0 Å². The molecule has 0 saturated heterocycles. The molecule has 120 valence electrons. The lowest BCUT2D eigenvalue weighted by Crippen LogP contribution is -2.32. The summed E-state index contributed by atoms with van der Waals surface area (Å²) in [7, 11) is 3.82. The van der Waals surface area contributed by atoms with Gasteiger partial charge in [0.15, 0.2) is 0 Å². The summed E-state index contributed by atoms with van der Waals surface area (Å²) in [4.78, 5) is 14.4. The largest absolute Gasteiger partial charge is 0.349 e. The highest BCUT2D eigenvalue weighted by Crippen LogP contribution is 2.21. The number of nitriles is 1. The minimum absolute atomic E-state index is 0.222. The summed E-state index contributed by atoms with van der Waals surface area (Å²) in [5.41, 5.74) is 1.45. The monoisotopic (exact) mass is 314 g/mol. The second kappa shape index (κ2) is 7.07. The van der Waals surface area contributed by atoms with Gasteiger partial charge in [-0.2, -0.15) is 5.26 Å². The summed E-state index contributed by atoms with van der Waals surface area (Å²) in [6.45, 7) is 2.79. The van der Waals surface area contributed by atoms with Gasteiger partial charge in [-0.1, -0.05) is 6.07 Å². The highest BCUT2D eigenvalue weighted by atomic mass is 19.1. The van der Waals surface area contributed by atoms with Crippen LogP contribution in [0.5, 0.6) is 0 Å². The Morgan fingerprint density at radius 2 is 2.13 bits per heavy atom. The zero-order valence-corrected chi connectivity index (χ0v) is 13.4. The van der Waals surface area contributed by atoms with Crippen LogP contribution in [0.1, 0.15) is 21.6 Å². The number of nitrogens with zero attached hydrogens (tertiary/aromatic N) is 3. The quantitative estimate of drug-likeness (QED) is 0.919. The van der Waals surface area contributed by atoms with E-state index in [1.165, 1.54) is 6.07 Å². The first-order chi connectivity index (χ1) is 11.0. The highest BCUT2D eigenvalue weighted by Gasteiger charge is 2.19. The van der Waals surface area contributed by atoms with E-state index in [1.54, 1.807) is 35.9 Å². The smallest absolute Gasteiger partial charge is 0.269 e. The number of carbonyl (C=O) groups excluding carboxylic acids is 1. The Balaban J connectivity index is 2.40. The van der Waals surface area contributed by atoms with E-state index in [0.717, 1.165) is 0 Å². The average Bonchev–Trinajstić information content (AvgIpc) is 2.93. The number of amides is 1. The second-order valence-corrected chi connectivity index (χ2v) is 5.50. The molecule has 1 heterocycles. The molecule has 0 spiro atoms. The van der Waals surface area contributed by atoms with Crippen LogP contribution in [-0.4, -0.2) is 42.6 Å². The fourth-order valence-electron chi connectivity index (χ4n) is 2.29. The number of nitrogens with one attached hydrogen (secondary N) is 1. The Morgan fingerprint density at radius 3 is 2.78 bits per heavy atom. The molecule has 0 aliphatic rings. The topological polar surface area (TPSA) is 61.1 Å². The van der Waals surface area contributed by atoms with Gasteiger partial charge in [0.05, 0.1) is 11.3 Å². The van der Waals surface area contributed by atoms with Crippen LogP contribution in [0.15, 0.2) is 30.5 Å². The minimum Gasteiger partial charge on any atom is -0.349 e. The van der Waals surface area contributed by atoms with E-state index in [0.29, 0.717) is 24.3 Å². The van der Waals surface area contributed by atoms with Gasteiger partial charge in [-0.15, -0.1) is 0 Å². The number of aromatic nitrogens is 1. The SMILES string of the molecule is Cc1c(F)cccc1-n1ccc(C#N)c1C(=O)NCCN(C)C. The van der Waals surface area contributed by atoms with Crippen molar-refractivity contribution < 1.29 is 9.18 Å². The van der Waals surface area contributed by atoms with Crippen LogP contribution in [0.3, 0.4) is 0 Å². The van der Waals surface area contributed by atoms with E-state index in [-0.39, 0.29) is 23.0 Å². The molecule has 1 aromatic carbocycles. The molecule has 1 amide bonds. The molecule has 0 radical (unpaired) electrons. The maximum Gasteiger partial charge on any atom is 0.269 e. The minimum atomic E-state index is -0.353. The van der Waals surface area contributed by atoms with Gasteiger partial charge in [0, 0.05) is 24.8 Å². The molecular formula is C17H19FN4O. The Hall–Kier alpha value is -2.65. The van der Waals surface area contributed by atoms with Gasteiger partial charge in [-0.25, -0.2) is 4.39 Å². The molecule has 23 heavy (non-hydrogen) atoms. The number of hydrogen-bond acceptors (Lipinski definition) is 3. The van der Waals surface area contributed by atoms with Crippen molar-refractivity contribution in [1.29, 1.82) is 5.26 Å². The summed E-state index contributed by atoms with van der Waals surface area (Å²) in [6, 6.07) is 8.24. The van der Waals surface area contributed by atoms with Crippen molar-refractivity contribution in [3.8, 4) is 11.8 Å². The third-order valence-corrected chi connectivity index (χ3v) is 3.57. The maximum absolute atomic E-state index is 13.8. The molecule has 0 aliphatic heterocycles. The number of halogens is 1. The van der Waals surface area contributed by atoms with E-state index in [4.69, 9.17) is 0 Å². The molecular weight excluding hydrogens is 295 g/mol. The van der Waals surface area contributed by atoms with Crippen LogP contribution >= 0.6 is 0 Å². The van der Waals surface area contributed by atoms with Gasteiger partial charge < -0.3 is 14.8 Å². The first-order valence-corrected chi connectivity index (χ1v) is 7.25. The number of likely N-dealkylation sites (N-methyl/N-ethyl adjacent to an activating group) is 1. The molecule has 1 aromatic heterocycles. The number of carbonyl (C=O) groups is 1. The number of hydrogen-bond donors (Lipinski definition) is 1. The summed E-state index contributed by atoms with van der Waals surface area (Å²) < 4.78 is 15.4. The fraction of sp³-hybridized carbons (Fsp3) is 0.294. The lowest BCUT2D eigenvalue weighted by Gasteiger charge is -2.14. The van der Waals surface area contributed by atoms with E-state index in [2.05, 4.69) is 5.32 Å². The molecule has 0 aliphatic carbocycles. The van der Waals surface area contributed by atoms with E-state index < -0.39 is 0 Å². The summed E-state index contributed by atoms with van der Waals surface area (Å²) in [5.74, 6) is -0.703. The molecule has 0 unspecified atom stereocenters. The van der Waals surface area contributed by atoms with Crippen LogP contribution in [0.4, 0.5) is 4.39 Å². The average molecular weight is 314 g/mol. The molecule has 2 rings (SSSR count). The summed E-state index contributed by atoms with van der Waals surface area (Å²) >= 11 is 0. The fourth-order valence-corrected chi connectivity index (χ4v) is 2.29. The Labute approximate surface area is 134 Å². The van der Waals surface area contributed by atoms with Gasteiger partial charge >= 0.3 is 0 Å². The predicted molar refractivity (Wildman–Crippen MR) is 86.1 cm³/mol. The predicted octanol–water partition coefficient (Wildman–Crippen LogP) is 2.09. The molecule has 1 N–H and O–H groups in total. The Kier molecular flexibility index (Phi) is 5.14. The van der Waals surface area contributed by atoms with Crippen molar-refractivity contribution in [1.82, 2.24) is 14.8 Å². The lowest BCUT2D eigenvalue weighted by atomic mass is 10.1. The standard InChI is InChI=1S/C17H19FN4O/c1-12-14(18)5-4-6-15(12)22-9-7-13(11-19)16(22)17(23)20-8-10-21(2)3/h4-7,9H,8,10H2,1-3H3,(H,20,23).